The van der Waals surface area contributed by atoms with Crippen molar-refractivity contribution in [3.05, 3.63) is 52.7 Å². The summed E-state index contributed by atoms with van der Waals surface area (Å²) in [5.74, 6) is -1.56. The average Bonchev–Trinajstić information content (AvgIpc) is 3.50. The van der Waals surface area contributed by atoms with Crippen molar-refractivity contribution in [3.8, 4) is 5.75 Å². The number of phenols is 1. The van der Waals surface area contributed by atoms with Gasteiger partial charge in [0.2, 0.25) is 5.91 Å². The van der Waals surface area contributed by atoms with Crippen LogP contribution in [0.15, 0.2) is 30.5 Å². The van der Waals surface area contributed by atoms with Crippen LogP contribution in [-0.4, -0.2) is 141 Å². The predicted molar refractivity (Wildman–Crippen MR) is 181 cm³/mol. The number of carbonyl (C=O) groups excluding carboxylic acids is 2. The number of aliphatic hydroxyl groups excluding tert-OH is 3. The third-order valence-electron chi connectivity index (χ3n) is 10.3. The molecule has 1 aromatic heterocycles. The number of aliphatic carboxylic acids is 1. The van der Waals surface area contributed by atoms with Crippen molar-refractivity contribution >= 4 is 23.6 Å². The first kappa shape index (κ1) is 37.4. The molecule has 3 aliphatic rings. The van der Waals surface area contributed by atoms with Crippen LogP contribution in [0.2, 0.25) is 0 Å². The lowest BCUT2D eigenvalue weighted by molar-refractivity contribution is -0.231. The lowest BCUT2D eigenvalue weighted by Gasteiger charge is -2.49. The van der Waals surface area contributed by atoms with E-state index in [1.807, 2.05) is 19.1 Å². The number of carbonyl (C=O) groups is 3. The standard InChI is InChI=1S/C35H49N5O10/c1-20-5-8-36-27(13-20)39-9-6-34(18-39)19-49-12-11-40(34)10-7-35(33(47)48)16-25(42)28(38-23(4)41)31(50-35)30(45)26(43)17-37-32(46)24-14-21(2)29(44)22(3)15-24/h5,8,13-15,25-26,28,30-31,42-45H,6-7,9-12,16-19H2,1-4H3,(H,37,46)(H,38,41)(H,47,48)/t25-,26+,28+,30+,31+,34-,35+/m0/s1. The molecule has 1 spiro atoms. The number of amides is 2. The minimum absolute atomic E-state index is 0.0597. The number of aromatic hydroxyl groups is 1. The van der Waals surface area contributed by atoms with E-state index in [1.165, 1.54) is 19.1 Å². The summed E-state index contributed by atoms with van der Waals surface area (Å²) in [5.41, 5.74) is -0.0863. The number of carboxylic acids is 1. The van der Waals surface area contributed by atoms with Gasteiger partial charge in [-0.15, -0.1) is 0 Å². The van der Waals surface area contributed by atoms with E-state index in [4.69, 9.17) is 9.47 Å². The minimum atomic E-state index is -1.97. The number of morpholine rings is 1. The fraction of sp³-hybridized carbons (Fsp3) is 0.600. The van der Waals surface area contributed by atoms with Crippen LogP contribution >= 0.6 is 0 Å². The van der Waals surface area contributed by atoms with Crippen LogP contribution in [0.3, 0.4) is 0 Å². The van der Waals surface area contributed by atoms with Gasteiger partial charge in [-0.05, 0) is 68.1 Å². The number of hydrogen-bond acceptors (Lipinski definition) is 12. The van der Waals surface area contributed by atoms with E-state index >= 15 is 0 Å². The third-order valence-corrected chi connectivity index (χ3v) is 10.3. The molecule has 0 unspecified atom stereocenters. The first-order chi connectivity index (χ1) is 23.6. The number of nitrogens with zero attached hydrogens (tertiary/aromatic N) is 3. The number of rotatable bonds is 11. The Bertz CT molecular complexity index is 1550. The highest BCUT2D eigenvalue weighted by molar-refractivity contribution is 5.94. The van der Waals surface area contributed by atoms with Gasteiger partial charge in [0.15, 0.2) is 5.60 Å². The van der Waals surface area contributed by atoms with Crippen molar-refractivity contribution in [3.63, 3.8) is 0 Å². The topological polar surface area (TPSA) is 214 Å². The summed E-state index contributed by atoms with van der Waals surface area (Å²) >= 11 is 0. The number of anilines is 1. The molecule has 7 atom stereocenters. The summed E-state index contributed by atoms with van der Waals surface area (Å²) in [5, 5.41) is 59.4. The van der Waals surface area contributed by atoms with E-state index in [0.717, 1.165) is 24.3 Å². The largest absolute Gasteiger partial charge is 0.507 e. The van der Waals surface area contributed by atoms with Gasteiger partial charge in [-0.2, -0.15) is 0 Å². The van der Waals surface area contributed by atoms with E-state index in [2.05, 4.69) is 25.4 Å². The summed E-state index contributed by atoms with van der Waals surface area (Å²) in [4.78, 5) is 46.9. The lowest BCUT2D eigenvalue weighted by Crippen LogP contribution is -2.68. The van der Waals surface area contributed by atoms with E-state index in [9.17, 15) is 39.9 Å². The average molecular weight is 700 g/mol. The number of benzene rings is 1. The molecule has 0 radical (unpaired) electrons. The Kier molecular flexibility index (Phi) is 11.3. The zero-order valence-electron chi connectivity index (χ0n) is 29.0. The van der Waals surface area contributed by atoms with Crippen molar-refractivity contribution in [2.75, 3.05) is 50.8 Å². The highest BCUT2D eigenvalue weighted by Gasteiger charge is 2.55. The summed E-state index contributed by atoms with van der Waals surface area (Å²) in [6.45, 7) is 9.14. The summed E-state index contributed by atoms with van der Waals surface area (Å²) in [7, 11) is 0. The molecular weight excluding hydrogens is 650 g/mol. The molecular formula is C35H49N5O10. The maximum absolute atomic E-state index is 13.0. The van der Waals surface area contributed by atoms with Crippen LogP contribution < -0.4 is 15.5 Å². The van der Waals surface area contributed by atoms with Crippen LogP contribution in [0, 0.1) is 20.8 Å². The van der Waals surface area contributed by atoms with Gasteiger partial charge in [0.25, 0.3) is 5.91 Å². The molecule has 5 rings (SSSR count). The second-order valence-electron chi connectivity index (χ2n) is 14.0. The second kappa shape index (κ2) is 15.2. The van der Waals surface area contributed by atoms with Gasteiger partial charge in [-0.3, -0.25) is 14.5 Å². The van der Waals surface area contributed by atoms with Crippen LogP contribution in [0.1, 0.15) is 53.2 Å². The number of aliphatic hydroxyl groups is 3. The maximum atomic E-state index is 13.0. The van der Waals surface area contributed by atoms with Crippen molar-refractivity contribution in [1.82, 2.24) is 20.5 Å². The highest BCUT2D eigenvalue weighted by Crippen LogP contribution is 2.38. The van der Waals surface area contributed by atoms with Gasteiger partial charge in [0.1, 0.15) is 23.8 Å². The molecule has 4 heterocycles. The van der Waals surface area contributed by atoms with Crippen molar-refractivity contribution in [2.24, 2.45) is 0 Å². The second-order valence-corrected chi connectivity index (χ2v) is 14.0. The fourth-order valence-corrected chi connectivity index (χ4v) is 7.44. The predicted octanol–water partition coefficient (Wildman–Crippen LogP) is 0.0134. The van der Waals surface area contributed by atoms with E-state index in [-0.39, 0.29) is 30.7 Å². The lowest BCUT2D eigenvalue weighted by atomic mass is 9.81. The van der Waals surface area contributed by atoms with Gasteiger partial charge in [0.05, 0.1) is 37.0 Å². The van der Waals surface area contributed by atoms with Gasteiger partial charge < -0.3 is 50.5 Å². The Hall–Kier alpha value is -3.86. The number of carboxylic acid groups (broad SMARTS) is 1. The van der Waals surface area contributed by atoms with Crippen LogP contribution in [0.25, 0.3) is 0 Å². The minimum Gasteiger partial charge on any atom is -0.507 e. The number of pyridine rings is 1. The summed E-state index contributed by atoms with van der Waals surface area (Å²) in [6.07, 6.45) is -4.37. The Morgan fingerprint density at radius 1 is 1.12 bits per heavy atom. The summed E-state index contributed by atoms with van der Waals surface area (Å²) < 4.78 is 12.1. The SMILES string of the molecule is CC(=O)N[C@H]1[C@H]([C@H](O)[C@H](O)CNC(=O)c2cc(C)c(O)c(C)c2)O[C@@](CCN2CCOC[C@@]23CCN(c2cc(C)ccn2)C3)(C(=O)O)C[C@@H]1O. The van der Waals surface area contributed by atoms with Crippen molar-refractivity contribution < 1.29 is 49.4 Å². The summed E-state index contributed by atoms with van der Waals surface area (Å²) in [6, 6.07) is 5.68. The van der Waals surface area contributed by atoms with E-state index in [1.54, 1.807) is 20.0 Å². The monoisotopic (exact) mass is 699 g/mol. The Morgan fingerprint density at radius 3 is 2.50 bits per heavy atom. The number of aromatic nitrogens is 1. The van der Waals surface area contributed by atoms with Crippen LogP contribution in [0.4, 0.5) is 5.82 Å². The van der Waals surface area contributed by atoms with Gasteiger partial charge in [0, 0.05) is 64.2 Å². The van der Waals surface area contributed by atoms with Gasteiger partial charge in [-0.25, -0.2) is 9.78 Å². The van der Waals surface area contributed by atoms with E-state index in [0.29, 0.717) is 37.4 Å². The molecule has 1 aromatic carbocycles. The van der Waals surface area contributed by atoms with Gasteiger partial charge in [-0.1, -0.05) is 0 Å². The van der Waals surface area contributed by atoms with Crippen LogP contribution in [-0.2, 0) is 19.1 Å². The number of aryl methyl sites for hydroxylation is 3. The number of nitrogens with one attached hydrogen (secondary N) is 2. The molecule has 15 nitrogen and oxygen atoms in total. The zero-order valence-corrected chi connectivity index (χ0v) is 29.0. The molecule has 50 heavy (non-hydrogen) atoms. The molecule has 274 valence electrons. The molecule has 0 saturated carbocycles. The quantitative estimate of drug-likeness (QED) is 0.165. The Morgan fingerprint density at radius 2 is 1.84 bits per heavy atom. The van der Waals surface area contributed by atoms with Crippen LogP contribution in [0.5, 0.6) is 5.75 Å². The molecule has 15 heteroatoms. The molecule has 2 amide bonds. The first-order valence-corrected chi connectivity index (χ1v) is 17.0. The fourth-order valence-electron chi connectivity index (χ4n) is 7.44. The van der Waals surface area contributed by atoms with Gasteiger partial charge >= 0.3 is 5.97 Å². The molecule has 3 saturated heterocycles. The van der Waals surface area contributed by atoms with E-state index < -0.39 is 65.9 Å². The number of ether oxygens (including phenoxy) is 2. The van der Waals surface area contributed by atoms with Crippen molar-refractivity contribution in [2.45, 2.75) is 88.6 Å². The first-order valence-electron chi connectivity index (χ1n) is 17.0. The smallest absolute Gasteiger partial charge is 0.336 e. The molecule has 0 aliphatic carbocycles. The molecule has 3 aliphatic heterocycles. The Balaban J connectivity index is 1.31. The molecule has 2 aromatic rings. The number of phenolic OH excluding ortho intramolecular Hbond substituents is 1. The normalized spacial score (nSPS) is 28.3. The molecule has 3 fully saturated rings. The zero-order chi connectivity index (χ0) is 36.4. The third kappa shape index (κ3) is 7.87. The van der Waals surface area contributed by atoms with Crippen molar-refractivity contribution in [1.29, 1.82) is 0 Å². The highest BCUT2D eigenvalue weighted by atomic mass is 16.6. The molecule has 0 bridgehead atoms. The molecule has 7 N–H and O–H groups in total. The Labute approximate surface area is 291 Å². The number of hydrogen-bond donors (Lipinski definition) is 7. The maximum Gasteiger partial charge on any atom is 0.336 e.